The van der Waals surface area contributed by atoms with Crippen LogP contribution in [-0.4, -0.2) is 39.7 Å². The zero-order valence-corrected chi connectivity index (χ0v) is 10.4. The molecular weight excluding hydrogens is 230 g/mol. The van der Waals surface area contributed by atoms with Gasteiger partial charge in [0, 0.05) is 12.8 Å². The minimum Gasteiger partial charge on any atom is -0.348 e. The van der Waals surface area contributed by atoms with Gasteiger partial charge < -0.3 is 9.47 Å². The van der Waals surface area contributed by atoms with Gasteiger partial charge in [0.25, 0.3) is 0 Å². The molecular formula is C10H19NO4S. The van der Waals surface area contributed by atoms with Crippen molar-refractivity contribution in [3.63, 3.8) is 0 Å². The molecule has 0 atom stereocenters. The third kappa shape index (κ3) is 3.16. The van der Waals surface area contributed by atoms with Crippen LogP contribution in [0.15, 0.2) is 0 Å². The summed E-state index contributed by atoms with van der Waals surface area (Å²) in [6.45, 7) is 0.820. The number of hydrogen-bond donors (Lipinski definition) is 1. The number of ether oxygens (including phenoxy) is 2. The lowest BCUT2D eigenvalue weighted by Crippen LogP contribution is -2.52. The van der Waals surface area contributed by atoms with Crippen molar-refractivity contribution < 1.29 is 17.9 Å². The van der Waals surface area contributed by atoms with Crippen LogP contribution in [-0.2, 0) is 19.5 Å². The van der Waals surface area contributed by atoms with Crippen molar-refractivity contribution >= 4 is 10.0 Å². The Morgan fingerprint density at radius 2 is 1.69 bits per heavy atom. The van der Waals surface area contributed by atoms with Crippen LogP contribution in [0.4, 0.5) is 0 Å². The Morgan fingerprint density at radius 3 is 2.19 bits per heavy atom. The van der Waals surface area contributed by atoms with E-state index in [1.165, 1.54) is 6.42 Å². The Balaban J connectivity index is 1.86. The fourth-order valence-corrected chi connectivity index (χ4v) is 3.09. The highest BCUT2D eigenvalue weighted by molar-refractivity contribution is 7.88. The van der Waals surface area contributed by atoms with Crippen LogP contribution >= 0.6 is 0 Å². The average molecular weight is 249 g/mol. The largest absolute Gasteiger partial charge is 0.348 e. The van der Waals surface area contributed by atoms with E-state index in [1.54, 1.807) is 0 Å². The SMILES string of the molecule is CS(=O)(=O)NC1COC2(CCCCC2)OC1. The molecule has 0 radical (unpaired) electrons. The van der Waals surface area contributed by atoms with E-state index in [-0.39, 0.29) is 6.04 Å². The van der Waals surface area contributed by atoms with Crippen molar-refractivity contribution in [2.45, 2.75) is 43.9 Å². The van der Waals surface area contributed by atoms with Gasteiger partial charge in [0.15, 0.2) is 5.79 Å². The van der Waals surface area contributed by atoms with E-state index in [4.69, 9.17) is 9.47 Å². The number of rotatable bonds is 2. The summed E-state index contributed by atoms with van der Waals surface area (Å²) in [6.07, 6.45) is 6.50. The second-order valence-corrected chi connectivity index (χ2v) is 6.46. The van der Waals surface area contributed by atoms with Gasteiger partial charge >= 0.3 is 0 Å². The van der Waals surface area contributed by atoms with Crippen molar-refractivity contribution in [1.29, 1.82) is 0 Å². The Bertz CT molecular complexity index is 325. The minimum atomic E-state index is -3.18. The van der Waals surface area contributed by atoms with Gasteiger partial charge in [-0.3, -0.25) is 0 Å². The quantitative estimate of drug-likeness (QED) is 0.779. The summed E-state index contributed by atoms with van der Waals surface area (Å²) in [5, 5.41) is 0. The van der Waals surface area contributed by atoms with Gasteiger partial charge in [-0.05, 0) is 12.8 Å². The van der Waals surface area contributed by atoms with Crippen LogP contribution < -0.4 is 4.72 Å². The molecule has 1 N–H and O–H groups in total. The van der Waals surface area contributed by atoms with Gasteiger partial charge in [-0.2, -0.15) is 0 Å². The third-order valence-electron chi connectivity index (χ3n) is 3.09. The maximum absolute atomic E-state index is 11.0. The highest BCUT2D eigenvalue weighted by Crippen LogP contribution is 2.34. The van der Waals surface area contributed by atoms with Crippen molar-refractivity contribution in [1.82, 2.24) is 4.72 Å². The summed E-state index contributed by atoms with van der Waals surface area (Å²) in [5.41, 5.74) is 0. The molecule has 1 heterocycles. The monoisotopic (exact) mass is 249 g/mol. The first kappa shape index (κ1) is 12.3. The highest BCUT2D eigenvalue weighted by Gasteiger charge is 2.39. The van der Waals surface area contributed by atoms with Crippen LogP contribution in [0.25, 0.3) is 0 Å². The van der Waals surface area contributed by atoms with Crippen LogP contribution in [0.3, 0.4) is 0 Å². The van der Waals surface area contributed by atoms with E-state index in [1.807, 2.05) is 0 Å². The highest BCUT2D eigenvalue weighted by atomic mass is 32.2. The summed E-state index contributed by atoms with van der Waals surface area (Å²) in [7, 11) is -3.18. The zero-order valence-electron chi connectivity index (χ0n) is 9.57. The van der Waals surface area contributed by atoms with Crippen molar-refractivity contribution in [2.75, 3.05) is 19.5 Å². The molecule has 5 nitrogen and oxygen atoms in total. The summed E-state index contributed by atoms with van der Waals surface area (Å²) in [4.78, 5) is 0. The normalized spacial score (nSPS) is 27.1. The molecule has 16 heavy (non-hydrogen) atoms. The lowest BCUT2D eigenvalue weighted by Gasteiger charge is -2.42. The third-order valence-corrected chi connectivity index (χ3v) is 3.85. The van der Waals surface area contributed by atoms with E-state index in [9.17, 15) is 8.42 Å². The first-order chi connectivity index (χ1) is 7.49. The maximum Gasteiger partial charge on any atom is 0.209 e. The molecule has 1 spiro atoms. The molecule has 0 bridgehead atoms. The van der Waals surface area contributed by atoms with Crippen LogP contribution in [0.2, 0.25) is 0 Å². The first-order valence-electron chi connectivity index (χ1n) is 5.74. The summed E-state index contributed by atoms with van der Waals surface area (Å²) in [6, 6.07) is -0.248. The molecule has 94 valence electrons. The standard InChI is InChI=1S/C10H19NO4S/c1-16(12,13)11-9-7-14-10(15-8-9)5-3-2-4-6-10/h9,11H,2-8H2,1H3. The molecule has 0 aromatic heterocycles. The van der Waals surface area contributed by atoms with Gasteiger partial charge in [-0.15, -0.1) is 0 Å². The maximum atomic E-state index is 11.0. The number of nitrogens with one attached hydrogen (secondary N) is 1. The lowest BCUT2D eigenvalue weighted by atomic mass is 9.93. The molecule has 2 rings (SSSR count). The van der Waals surface area contributed by atoms with E-state index < -0.39 is 15.8 Å². The van der Waals surface area contributed by atoms with E-state index in [0.717, 1.165) is 31.9 Å². The summed E-state index contributed by atoms with van der Waals surface area (Å²) >= 11 is 0. The lowest BCUT2D eigenvalue weighted by molar-refractivity contribution is -0.285. The van der Waals surface area contributed by atoms with Gasteiger partial charge in [0.1, 0.15) is 0 Å². The zero-order chi connectivity index (χ0) is 11.6. The average Bonchev–Trinajstić information content (AvgIpc) is 2.22. The molecule has 1 aliphatic heterocycles. The topological polar surface area (TPSA) is 64.6 Å². The molecule has 2 fully saturated rings. The molecule has 2 aliphatic rings. The van der Waals surface area contributed by atoms with Crippen molar-refractivity contribution in [3.8, 4) is 0 Å². The molecule has 0 amide bonds. The number of sulfonamides is 1. The van der Waals surface area contributed by atoms with E-state index in [2.05, 4.69) is 4.72 Å². The van der Waals surface area contributed by atoms with Crippen LogP contribution in [0.5, 0.6) is 0 Å². The summed E-state index contributed by atoms with van der Waals surface area (Å²) < 4.78 is 36.0. The Hall–Kier alpha value is -0.170. The predicted molar refractivity (Wildman–Crippen MR) is 59.5 cm³/mol. The smallest absolute Gasteiger partial charge is 0.209 e. The number of hydrogen-bond acceptors (Lipinski definition) is 4. The van der Waals surface area contributed by atoms with E-state index >= 15 is 0 Å². The predicted octanol–water partition coefficient (Wildman–Crippen LogP) is 0.611. The Labute approximate surface area is 96.5 Å². The Morgan fingerprint density at radius 1 is 1.12 bits per heavy atom. The molecule has 1 saturated carbocycles. The second-order valence-electron chi connectivity index (χ2n) is 4.68. The van der Waals surface area contributed by atoms with Crippen LogP contribution in [0.1, 0.15) is 32.1 Å². The Kier molecular flexibility index (Phi) is 3.53. The second kappa shape index (κ2) is 4.60. The fourth-order valence-electron chi connectivity index (χ4n) is 2.34. The van der Waals surface area contributed by atoms with Gasteiger partial charge in [-0.25, -0.2) is 13.1 Å². The molecule has 1 aliphatic carbocycles. The first-order valence-corrected chi connectivity index (χ1v) is 7.63. The molecule has 0 unspecified atom stereocenters. The van der Waals surface area contributed by atoms with E-state index in [0.29, 0.717) is 13.2 Å². The molecule has 6 heteroatoms. The molecule has 1 saturated heterocycles. The van der Waals surface area contributed by atoms with Crippen molar-refractivity contribution in [2.24, 2.45) is 0 Å². The summed E-state index contributed by atoms with van der Waals surface area (Å²) in [5.74, 6) is -0.423. The molecule has 0 aromatic carbocycles. The van der Waals surface area contributed by atoms with Crippen molar-refractivity contribution in [3.05, 3.63) is 0 Å². The minimum absolute atomic E-state index is 0.248. The van der Waals surface area contributed by atoms with Crippen LogP contribution in [0, 0.1) is 0 Å². The van der Waals surface area contributed by atoms with Gasteiger partial charge in [-0.1, -0.05) is 6.42 Å². The van der Waals surface area contributed by atoms with Gasteiger partial charge in [0.05, 0.1) is 25.5 Å². The fraction of sp³-hybridized carbons (Fsp3) is 1.00. The van der Waals surface area contributed by atoms with Gasteiger partial charge in [0.2, 0.25) is 10.0 Å². The molecule has 0 aromatic rings.